The van der Waals surface area contributed by atoms with Crippen molar-refractivity contribution in [1.29, 1.82) is 0 Å². The van der Waals surface area contributed by atoms with Crippen LogP contribution in [0.25, 0.3) is 0 Å². The third-order valence-electron chi connectivity index (χ3n) is 8.59. The molecule has 6 atom stereocenters. The number of unbranched alkanes of at least 4 members (excludes halogenated alkanes) is 2. The first-order valence-corrected chi connectivity index (χ1v) is 12.1. The van der Waals surface area contributed by atoms with Crippen LogP contribution in [0.4, 0.5) is 0 Å². The van der Waals surface area contributed by atoms with Crippen molar-refractivity contribution in [2.75, 3.05) is 13.2 Å². The van der Waals surface area contributed by atoms with Crippen LogP contribution in [0.1, 0.15) is 101 Å². The second kappa shape index (κ2) is 8.98. The zero-order chi connectivity index (χ0) is 20.4. The molecule has 1 aromatic rings. The molecule has 1 aromatic carbocycles. The minimum atomic E-state index is -0.117. The van der Waals surface area contributed by atoms with Gasteiger partial charge in [-0.05, 0) is 104 Å². The molecule has 3 heteroatoms. The van der Waals surface area contributed by atoms with Gasteiger partial charge in [0.2, 0.25) is 0 Å². The van der Waals surface area contributed by atoms with Crippen LogP contribution in [0.3, 0.4) is 0 Å². The third-order valence-corrected chi connectivity index (χ3v) is 8.59. The largest absolute Gasteiger partial charge is 0.508 e. The SMILES string of the molecule is CCCCOCCCCC1CC2C(CCC3(C)C(O)CCC23)c2ccc(O)cc21. The maximum atomic E-state index is 10.7. The first-order chi connectivity index (χ1) is 14.0. The fourth-order valence-electron chi connectivity index (χ4n) is 6.90. The van der Waals surface area contributed by atoms with E-state index >= 15 is 0 Å². The molecule has 4 rings (SSSR count). The van der Waals surface area contributed by atoms with Crippen LogP contribution >= 0.6 is 0 Å². The van der Waals surface area contributed by atoms with E-state index in [1.165, 1.54) is 49.7 Å². The Morgan fingerprint density at radius 2 is 1.90 bits per heavy atom. The molecule has 0 spiro atoms. The fraction of sp³-hybridized carbons (Fsp3) is 0.769. The molecule has 0 amide bonds. The molecular weight excluding hydrogens is 360 g/mol. The van der Waals surface area contributed by atoms with Gasteiger partial charge in [-0.25, -0.2) is 0 Å². The highest BCUT2D eigenvalue weighted by Crippen LogP contribution is 2.62. The van der Waals surface area contributed by atoms with Gasteiger partial charge in [0, 0.05) is 13.2 Å². The van der Waals surface area contributed by atoms with E-state index in [0.29, 0.717) is 29.4 Å². The van der Waals surface area contributed by atoms with Crippen molar-refractivity contribution in [2.45, 2.75) is 96.0 Å². The number of hydrogen-bond donors (Lipinski definition) is 2. The average molecular weight is 401 g/mol. The van der Waals surface area contributed by atoms with Crippen LogP contribution in [0.15, 0.2) is 18.2 Å². The number of benzene rings is 1. The summed E-state index contributed by atoms with van der Waals surface area (Å²) in [6.07, 6.45) is 11.4. The quantitative estimate of drug-likeness (QED) is 0.516. The lowest BCUT2D eigenvalue weighted by molar-refractivity contribution is -0.0253. The Labute approximate surface area is 176 Å². The van der Waals surface area contributed by atoms with Gasteiger partial charge < -0.3 is 14.9 Å². The van der Waals surface area contributed by atoms with Gasteiger partial charge in [-0.15, -0.1) is 0 Å². The molecular formula is C26H40O3. The number of phenolic OH excluding ortho intramolecular Hbond substituents is 1. The summed E-state index contributed by atoms with van der Waals surface area (Å²) in [5.41, 5.74) is 3.01. The van der Waals surface area contributed by atoms with E-state index in [1.54, 1.807) is 0 Å². The third kappa shape index (κ3) is 4.10. The summed E-state index contributed by atoms with van der Waals surface area (Å²) in [5.74, 6) is 2.90. The van der Waals surface area contributed by atoms with Gasteiger partial charge >= 0.3 is 0 Å². The monoisotopic (exact) mass is 400 g/mol. The Hall–Kier alpha value is -1.06. The van der Waals surface area contributed by atoms with Crippen molar-refractivity contribution in [2.24, 2.45) is 17.3 Å². The van der Waals surface area contributed by atoms with E-state index in [9.17, 15) is 10.2 Å². The summed E-state index contributed by atoms with van der Waals surface area (Å²) in [5, 5.41) is 20.9. The van der Waals surface area contributed by atoms with Crippen molar-refractivity contribution in [3.63, 3.8) is 0 Å². The Morgan fingerprint density at radius 1 is 1.07 bits per heavy atom. The van der Waals surface area contributed by atoms with Crippen molar-refractivity contribution in [3.05, 3.63) is 29.3 Å². The molecule has 0 heterocycles. The number of hydrogen-bond acceptors (Lipinski definition) is 3. The van der Waals surface area contributed by atoms with Crippen LogP contribution in [-0.4, -0.2) is 29.5 Å². The van der Waals surface area contributed by atoms with Crippen LogP contribution in [0, 0.1) is 17.3 Å². The van der Waals surface area contributed by atoms with E-state index in [-0.39, 0.29) is 11.5 Å². The van der Waals surface area contributed by atoms with E-state index < -0.39 is 0 Å². The smallest absolute Gasteiger partial charge is 0.115 e. The van der Waals surface area contributed by atoms with Crippen LogP contribution in [-0.2, 0) is 4.74 Å². The van der Waals surface area contributed by atoms with Crippen molar-refractivity contribution >= 4 is 0 Å². The first-order valence-electron chi connectivity index (χ1n) is 12.1. The molecule has 2 fully saturated rings. The highest BCUT2D eigenvalue weighted by Gasteiger charge is 2.55. The molecule has 0 saturated heterocycles. The van der Waals surface area contributed by atoms with E-state index in [0.717, 1.165) is 38.9 Å². The topological polar surface area (TPSA) is 49.7 Å². The highest BCUT2D eigenvalue weighted by molar-refractivity contribution is 5.42. The standard InChI is InChI=1S/C26H40O3/c1-3-4-14-29-15-6-5-7-18-16-23-21(20-9-8-19(27)17-22(18)20)12-13-26(2)24(23)10-11-25(26)28/h8-9,17-18,21,23-25,27-28H,3-7,10-16H2,1-2H3. The van der Waals surface area contributed by atoms with Crippen LogP contribution in [0.2, 0.25) is 0 Å². The molecule has 29 heavy (non-hydrogen) atoms. The summed E-state index contributed by atoms with van der Waals surface area (Å²) < 4.78 is 5.75. The van der Waals surface area contributed by atoms with Crippen LogP contribution in [0.5, 0.6) is 5.75 Å². The highest BCUT2D eigenvalue weighted by atomic mass is 16.5. The van der Waals surface area contributed by atoms with E-state index in [1.807, 2.05) is 12.1 Å². The first kappa shape index (κ1) is 21.2. The maximum Gasteiger partial charge on any atom is 0.115 e. The Bertz CT molecular complexity index is 687. The lowest BCUT2D eigenvalue weighted by Gasteiger charge is -2.51. The van der Waals surface area contributed by atoms with Gasteiger partial charge in [-0.2, -0.15) is 0 Å². The number of aliphatic hydroxyl groups excluding tert-OH is 1. The number of rotatable bonds is 8. The molecule has 0 bridgehead atoms. The molecule has 0 radical (unpaired) electrons. The molecule has 2 saturated carbocycles. The molecule has 3 nitrogen and oxygen atoms in total. The number of phenols is 1. The molecule has 6 unspecified atom stereocenters. The molecule has 3 aliphatic carbocycles. The molecule has 0 aromatic heterocycles. The Morgan fingerprint density at radius 3 is 2.72 bits per heavy atom. The summed E-state index contributed by atoms with van der Waals surface area (Å²) >= 11 is 0. The van der Waals surface area contributed by atoms with Gasteiger partial charge in [0.15, 0.2) is 0 Å². The second-order valence-electron chi connectivity index (χ2n) is 10.2. The van der Waals surface area contributed by atoms with Gasteiger partial charge in [-0.1, -0.05) is 32.8 Å². The summed E-state index contributed by atoms with van der Waals surface area (Å²) in [6, 6.07) is 6.14. The Kier molecular flexibility index (Phi) is 6.56. The van der Waals surface area contributed by atoms with Gasteiger partial charge in [-0.3, -0.25) is 0 Å². The molecule has 3 aliphatic rings. The normalized spacial score (nSPS) is 35.8. The number of fused-ring (bicyclic) bond motifs is 5. The molecule has 162 valence electrons. The van der Waals surface area contributed by atoms with Crippen LogP contribution < -0.4 is 0 Å². The predicted octanol–water partition coefficient (Wildman–Crippen LogP) is 6.14. The second-order valence-corrected chi connectivity index (χ2v) is 10.2. The lowest BCUT2D eigenvalue weighted by atomic mass is 9.53. The zero-order valence-corrected chi connectivity index (χ0v) is 18.4. The van der Waals surface area contributed by atoms with E-state index in [2.05, 4.69) is 19.9 Å². The summed E-state index contributed by atoms with van der Waals surface area (Å²) in [4.78, 5) is 0. The summed E-state index contributed by atoms with van der Waals surface area (Å²) in [6.45, 7) is 6.31. The number of aliphatic hydroxyl groups is 1. The lowest BCUT2D eigenvalue weighted by Crippen LogP contribution is -2.44. The predicted molar refractivity (Wildman–Crippen MR) is 117 cm³/mol. The van der Waals surface area contributed by atoms with Crippen molar-refractivity contribution in [3.8, 4) is 5.75 Å². The van der Waals surface area contributed by atoms with Crippen molar-refractivity contribution in [1.82, 2.24) is 0 Å². The number of ether oxygens (including phenoxy) is 1. The van der Waals surface area contributed by atoms with Gasteiger partial charge in [0.25, 0.3) is 0 Å². The minimum absolute atomic E-state index is 0.117. The number of aromatic hydroxyl groups is 1. The Balaban J connectivity index is 1.47. The maximum absolute atomic E-state index is 10.7. The summed E-state index contributed by atoms with van der Waals surface area (Å²) in [7, 11) is 0. The zero-order valence-electron chi connectivity index (χ0n) is 18.4. The molecule has 2 N–H and O–H groups in total. The van der Waals surface area contributed by atoms with E-state index in [4.69, 9.17) is 4.74 Å². The average Bonchev–Trinajstić information content (AvgIpc) is 3.02. The molecule has 0 aliphatic heterocycles. The van der Waals surface area contributed by atoms with Gasteiger partial charge in [0.05, 0.1) is 6.10 Å². The van der Waals surface area contributed by atoms with Gasteiger partial charge in [0.1, 0.15) is 5.75 Å². The minimum Gasteiger partial charge on any atom is -0.508 e. The van der Waals surface area contributed by atoms with Crippen molar-refractivity contribution < 1.29 is 14.9 Å². The fourth-order valence-corrected chi connectivity index (χ4v) is 6.90.